The third-order valence-electron chi connectivity index (χ3n) is 5.02. The molecule has 0 bridgehead atoms. The minimum absolute atomic E-state index is 0.0518. The summed E-state index contributed by atoms with van der Waals surface area (Å²) in [5, 5.41) is 0. The Hall–Kier alpha value is -2.37. The summed E-state index contributed by atoms with van der Waals surface area (Å²) in [5.74, 6) is 0.424. The molecule has 2 aromatic rings. The Kier molecular flexibility index (Phi) is 6.48. The van der Waals surface area contributed by atoms with E-state index in [1.165, 1.54) is 0 Å². The number of hydrogen-bond donors (Lipinski definition) is 0. The first-order chi connectivity index (χ1) is 13.1. The number of nitrogens with zero attached hydrogens (tertiary/aromatic N) is 2. The van der Waals surface area contributed by atoms with Crippen LogP contribution in [0, 0.1) is 0 Å². The Morgan fingerprint density at radius 2 is 2.15 bits per heavy atom. The predicted molar refractivity (Wildman–Crippen MR) is 103 cm³/mol. The van der Waals surface area contributed by atoms with Crippen molar-refractivity contribution >= 4 is 23.0 Å². The maximum atomic E-state index is 13.1. The number of fused-ring (bicyclic) bond motifs is 1. The molecule has 1 aliphatic heterocycles. The second-order valence-corrected chi connectivity index (χ2v) is 7.05. The van der Waals surface area contributed by atoms with Gasteiger partial charge < -0.3 is 14.1 Å². The average molecular weight is 372 g/mol. The van der Waals surface area contributed by atoms with Gasteiger partial charge in [-0.25, -0.2) is 4.98 Å². The smallest absolute Gasteiger partial charge is 0.307 e. The van der Waals surface area contributed by atoms with Gasteiger partial charge in [0.25, 0.3) is 5.91 Å². The number of carbonyl (C=O) groups is 2. The molecule has 3 rings (SSSR count). The second-order valence-electron chi connectivity index (χ2n) is 7.05. The van der Waals surface area contributed by atoms with Gasteiger partial charge in [-0.3, -0.25) is 9.59 Å². The lowest BCUT2D eigenvalue weighted by atomic mass is 9.98. The zero-order valence-corrected chi connectivity index (χ0v) is 16.2. The molecule has 0 saturated carbocycles. The number of ether oxygens (including phenoxy) is 1. The Morgan fingerprint density at radius 1 is 1.30 bits per heavy atom. The highest BCUT2D eigenvalue weighted by Gasteiger charge is 2.29. The first-order valence-electron chi connectivity index (χ1n) is 9.98. The van der Waals surface area contributed by atoms with Gasteiger partial charge in [-0.1, -0.05) is 13.3 Å². The summed E-state index contributed by atoms with van der Waals surface area (Å²) in [6, 6.07) is 5.30. The maximum Gasteiger partial charge on any atom is 0.307 e. The van der Waals surface area contributed by atoms with Crippen LogP contribution in [0.15, 0.2) is 22.6 Å². The number of esters is 1. The number of piperidine rings is 1. The number of aryl methyl sites for hydroxylation is 1. The fraction of sp³-hybridized carbons (Fsp3) is 0.571. The van der Waals surface area contributed by atoms with Crippen LogP contribution >= 0.6 is 0 Å². The highest BCUT2D eigenvalue weighted by atomic mass is 16.5. The highest BCUT2D eigenvalue weighted by molar-refractivity contribution is 5.97. The van der Waals surface area contributed by atoms with Gasteiger partial charge in [0.1, 0.15) is 5.52 Å². The molecule has 1 aromatic heterocycles. The zero-order chi connectivity index (χ0) is 19.2. The standard InChI is InChI=1S/C21H28N2O4/c1-3-5-9-19-22-17-13-15(10-11-18(17)27-19)21(25)23-12-7-6-8-16(23)14-20(24)26-4-2/h10-11,13,16H,3-9,12,14H2,1-2H3/t16-/m1/s1. The highest BCUT2D eigenvalue weighted by Crippen LogP contribution is 2.24. The Labute approximate surface area is 159 Å². The van der Waals surface area contributed by atoms with Gasteiger partial charge in [0.15, 0.2) is 11.5 Å². The van der Waals surface area contributed by atoms with Crippen molar-refractivity contribution in [2.45, 2.75) is 64.8 Å². The number of amides is 1. The van der Waals surface area contributed by atoms with E-state index in [0.29, 0.717) is 29.8 Å². The van der Waals surface area contributed by atoms with Crippen LogP contribution < -0.4 is 0 Å². The minimum atomic E-state index is -0.241. The second kappa shape index (κ2) is 9.02. The molecule has 0 unspecified atom stereocenters. The van der Waals surface area contributed by atoms with Gasteiger partial charge in [-0.15, -0.1) is 0 Å². The van der Waals surface area contributed by atoms with Gasteiger partial charge in [0, 0.05) is 24.6 Å². The Bertz CT molecular complexity index is 799. The van der Waals surface area contributed by atoms with Crippen LogP contribution in [0.2, 0.25) is 0 Å². The van der Waals surface area contributed by atoms with Crippen molar-refractivity contribution in [3.05, 3.63) is 29.7 Å². The van der Waals surface area contributed by atoms with Crippen LogP contribution in [-0.4, -0.2) is 41.0 Å². The van der Waals surface area contributed by atoms with Crippen molar-refractivity contribution in [3.63, 3.8) is 0 Å². The summed E-state index contributed by atoms with van der Waals surface area (Å²) in [4.78, 5) is 31.3. The fourth-order valence-corrected chi connectivity index (χ4v) is 3.60. The Balaban J connectivity index is 1.77. The van der Waals surface area contributed by atoms with Crippen LogP contribution in [0.1, 0.15) is 68.6 Å². The molecular weight excluding hydrogens is 344 g/mol. The molecule has 6 heteroatoms. The van der Waals surface area contributed by atoms with E-state index >= 15 is 0 Å². The number of oxazole rings is 1. The average Bonchev–Trinajstić information content (AvgIpc) is 3.08. The summed E-state index contributed by atoms with van der Waals surface area (Å²) in [6.45, 7) is 4.96. The van der Waals surface area contributed by atoms with E-state index in [4.69, 9.17) is 9.15 Å². The fourth-order valence-electron chi connectivity index (χ4n) is 3.60. The van der Waals surface area contributed by atoms with Gasteiger partial charge in [0.05, 0.1) is 13.0 Å². The van der Waals surface area contributed by atoms with E-state index < -0.39 is 0 Å². The molecule has 0 N–H and O–H groups in total. The summed E-state index contributed by atoms with van der Waals surface area (Å²) >= 11 is 0. The van der Waals surface area contributed by atoms with Crippen molar-refractivity contribution in [1.29, 1.82) is 0 Å². The first kappa shape index (κ1) is 19.4. The third-order valence-corrected chi connectivity index (χ3v) is 5.02. The molecule has 0 radical (unpaired) electrons. The number of aromatic nitrogens is 1. The summed E-state index contributed by atoms with van der Waals surface area (Å²) < 4.78 is 10.8. The Morgan fingerprint density at radius 3 is 2.93 bits per heavy atom. The molecule has 1 fully saturated rings. The van der Waals surface area contributed by atoms with Crippen LogP contribution in [0.3, 0.4) is 0 Å². The number of hydrogen-bond acceptors (Lipinski definition) is 5. The van der Waals surface area contributed by atoms with Crippen molar-refractivity contribution in [2.75, 3.05) is 13.2 Å². The van der Waals surface area contributed by atoms with E-state index in [9.17, 15) is 9.59 Å². The molecule has 2 heterocycles. The molecule has 1 aliphatic rings. The van der Waals surface area contributed by atoms with Crippen molar-refractivity contribution in [1.82, 2.24) is 9.88 Å². The first-order valence-corrected chi connectivity index (χ1v) is 9.98. The number of likely N-dealkylation sites (tertiary alicyclic amines) is 1. The molecule has 146 valence electrons. The number of carbonyl (C=O) groups excluding carboxylic acids is 2. The molecule has 0 aliphatic carbocycles. The van der Waals surface area contributed by atoms with E-state index in [1.807, 2.05) is 11.0 Å². The van der Waals surface area contributed by atoms with E-state index in [-0.39, 0.29) is 24.3 Å². The molecule has 1 atom stereocenters. The topological polar surface area (TPSA) is 72.6 Å². The van der Waals surface area contributed by atoms with Gasteiger partial charge in [-0.05, 0) is 50.8 Å². The zero-order valence-electron chi connectivity index (χ0n) is 16.2. The SMILES string of the molecule is CCCCc1nc2cc(C(=O)N3CCCC[C@@H]3CC(=O)OCC)ccc2o1. The number of unbranched alkanes of at least 4 members (excludes halogenated alkanes) is 1. The predicted octanol–water partition coefficient (Wildman–Crippen LogP) is 4.12. The van der Waals surface area contributed by atoms with Gasteiger partial charge >= 0.3 is 5.97 Å². The van der Waals surface area contributed by atoms with E-state index in [2.05, 4.69) is 11.9 Å². The number of rotatable bonds is 7. The molecular formula is C21H28N2O4. The minimum Gasteiger partial charge on any atom is -0.466 e. The maximum absolute atomic E-state index is 13.1. The van der Waals surface area contributed by atoms with E-state index in [0.717, 1.165) is 44.4 Å². The van der Waals surface area contributed by atoms with Crippen LogP contribution in [0.4, 0.5) is 0 Å². The van der Waals surface area contributed by atoms with Gasteiger partial charge in [-0.2, -0.15) is 0 Å². The molecule has 0 spiro atoms. The monoisotopic (exact) mass is 372 g/mol. The van der Waals surface area contributed by atoms with Crippen LogP contribution in [0.5, 0.6) is 0 Å². The molecule has 27 heavy (non-hydrogen) atoms. The largest absolute Gasteiger partial charge is 0.466 e. The van der Waals surface area contributed by atoms with Gasteiger partial charge in [0.2, 0.25) is 0 Å². The van der Waals surface area contributed by atoms with Crippen molar-refractivity contribution in [3.8, 4) is 0 Å². The quantitative estimate of drug-likeness (QED) is 0.684. The third kappa shape index (κ3) is 4.67. The summed E-state index contributed by atoms with van der Waals surface area (Å²) in [5.41, 5.74) is 2.01. The lowest BCUT2D eigenvalue weighted by molar-refractivity contribution is -0.144. The van der Waals surface area contributed by atoms with E-state index in [1.54, 1.807) is 19.1 Å². The summed E-state index contributed by atoms with van der Waals surface area (Å²) in [6.07, 6.45) is 5.99. The molecule has 1 aromatic carbocycles. The molecule has 1 saturated heterocycles. The number of benzene rings is 1. The summed E-state index contributed by atoms with van der Waals surface area (Å²) in [7, 11) is 0. The van der Waals surface area contributed by atoms with Crippen LogP contribution in [-0.2, 0) is 16.0 Å². The lowest BCUT2D eigenvalue weighted by Gasteiger charge is -2.35. The van der Waals surface area contributed by atoms with Crippen LogP contribution in [0.25, 0.3) is 11.1 Å². The molecule has 6 nitrogen and oxygen atoms in total. The van der Waals surface area contributed by atoms with Crippen molar-refractivity contribution in [2.24, 2.45) is 0 Å². The lowest BCUT2D eigenvalue weighted by Crippen LogP contribution is -2.45. The molecule has 1 amide bonds. The normalized spacial score (nSPS) is 17.3. The van der Waals surface area contributed by atoms with Crippen molar-refractivity contribution < 1.29 is 18.7 Å².